The van der Waals surface area contributed by atoms with Crippen LogP contribution in [0.25, 0.3) is 0 Å². The Hall–Kier alpha value is -2.12. The van der Waals surface area contributed by atoms with Crippen molar-refractivity contribution in [1.82, 2.24) is 4.98 Å². The van der Waals surface area contributed by atoms with Crippen LogP contribution in [0, 0.1) is 5.82 Å². The van der Waals surface area contributed by atoms with Crippen LogP contribution in [0.2, 0.25) is 5.02 Å². The van der Waals surface area contributed by atoms with Crippen molar-refractivity contribution in [2.75, 3.05) is 5.32 Å². The summed E-state index contributed by atoms with van der Waals surface area (Å²) in [5.41, 5.74) is 6.47. The van der Waals surface area contributed by atoms with Gasteiger partial charge in [-0.3, -0.25) is 9.79 Å². The fourth-order valence-corrected chi connectivity index (χ4v) is 5.57. The highest BCUT2D eigenvalue weighted by molar-refractivity contribution is 8.15. The van der Waals surface area contributed by atoms with Crippen molar-refractivity contribution in [1.29, 1.82) is 0 Å². The molecule has 146 valence electrons. The van der Waals surface area contributed by atoms with E-state index in [0.29, 0.717) is 21.4 Å². The number of carbonyl (C=O) groups is 1. The molecule has 2 aliphatic rings. The van der Waals surface area contributed by atoms with Crippen LogP contribution in [0.4, 0.5) is 10.1 Å². The number of hydrogen-bond donors (Lipinski definition) is 2. The number of hydrogen-bond acceptors (Lipinski definition) is 5. The quantitative estimate of drug-likeness (QED) is 0.755. The fraction of sp³-hybridized carbons (Fsp3) is 0.350. The molecule has 8 heteroatoms. The van der Waals surface area contributed by atoms with E-state index in [1.54, 1.807) is 23.9 Å². The number of amidine groups is 1. The van der Waals surface area contributed by atoms with Crippen LogP contribution in [0.15, 0.2) is 41.5 Å². The summed E-state index contributed by atoms with van der Waals surface area (Å²) in [6.45, 7) is 1.91. The lowest BCUT2D eigenvalue weighted by atomic mass is 9.73. The third-order valence-electron chi connectivity index (χ3n) is 5.37. The summed E-state index contributed by atoms with van der Waals surface area (Å²) in [4.78, 5) is 21.0. The SMILES string of the molecule is CC1(c2cc(NC(=O)c3ccc(Cl)cn3)ccc2F)CC2(CCC2)SC(N)=N1. The van der Waals surface area contributed by atoms with E-state index in [4.69, 9.17) is 17.3 Å². The Kier molecular flexibility index (Phi) is 4.83. The number of benzene rings is 1. The van der Waals surface area contributed by atoms with Gasteiger partial charge in [-0.2, -0.15) is 0 Å². The first-order chi connectivity index (χ1) is 13.3. The van der Waals surface area contributed by atoms with Crippen LogP contribution in [0.5, 0.6) is 0 Å². The number of aliphatic imine (C=N–C) groups is 1. The van der Waals surface area contributed by atoms with Crippen molar-refractivity contribution in [3.63, 3.8) is 0 Å². The van der Waals surface area contributed by atoms with Gasteiger partial charge in [-0.15, -0.1) is 0 Å². The van der Waals surface area contributed by atoms with E-state index in [2.05, 4.69) is 15.3 Å². The molecule has 1 aliphatic heterocycles. The second-order valence-corrected chi connectivity index (χ2v) is 9.47. The average Bonchev–Trinajstić information content (AvgIpc) is 2.61. The van der Waals surface area contributed by atoms with E-state index in [1.807, 2.05) is 6.92 Å². The molecule has 1 amide bonds. The predicted octanol–water partition coefficient (Wildman–Crippen LogP) is 4.72. The second-order valence-electron chi connectivity index (χ2n) is 7.55. The van der Waals surface area contributed by atoms with Gasteiger partial charge in [-0.05, 0) is 56.5 Å². The van der Waals surface area contributed by atoms with Crippen LogP contribution in [-0.2, 0) is 5.54 Å². The van der Waals surface area contributed by atoms with Crippen molar-refractivity contribution in [2.24, 2.45) is 10.7 Å². The first-order valence-electron chi connectivity index (χ1n) is 9.06. The number of nitrogens with two attached hydrogens (primary N) is 1. The standard InChI is InChI=1S/C20H20ClFN4OS/c1-19(11-20(7-2-8-20)28-18(23)26-19)14-9-13(4-5-15(14)22)25-17(27)16-6-3-12(21)10-24-16/h3-6,9-10H,2,7-8,11H2,1H3,(H2,23,26)(H,25,27). The summed E-state index contributed by atoms with van der Waals surface area (Å²) in [7, 11) is 0. The van der Waals surface area contributed by atoms with Crippen molar-refractivity contribution in [2.45, 2.75) is 42.9 Å². The Labute approximate surface area is 172 Å². The Morgan fingerprint density at radius 3 is 2.75 bits per heavy atom. The number of aromatic nitrogens is 1. The van der Waals surface area contributed by atoms with E-state index >= 15 is 0 Å². The van der Waals surface area contributed by atoms with Gasteiger partial charge in [-0.1, -0.05) is 29.8 Å². The molecule has 1 fully saturated rings. The van der Waals surface area contributed by atoms with Gasteiger partial charge in [-0.25, -0.2) is 9.37 Å². The fourth-order valence-electron chi connectivity index (χ4n) is 3.92. The molecular weight excluding hydrogens is 399 g/mol. The smallest absolute Gasteiger partial charge is 0.274 e. The van der Waals surface area contributed by atoms with Crippen LogP contribution in [0.3, 0.4) is 0 Å². The Bertz CT molecular complexity index is 961. The summed E-state index contributed by atoms with van der Waals surface area (Å²) in [5, 5.41) is 3.71. The molecule has 1 atom stereocenters. The third-order valence-corrected chi connectivity index (χ3v) is 6.88. The summed E-state index contributed by atoms with van der Waals surface area (Å²) in [5.74, 6) is -0.750. The van der Waals surface area contributed by atoms with Gasteiger partial charge in [0.05, 0.1) is 10.6 Å². The molecule has 3 N–H and O–H groups in total. The zero-order chi connectivity index (χ0) is 19.9. The molecule has 0 saturated heterocycles. The molecule has 1 saturated carbocycles. The van der Waals surface area contributed by atoms with Gasteiger partial charge in [0, 0.05) is 22.2 Å². The number of nitrogens with zero attached hydrogens (tertiary/aromatic N) is 2. The Balaban J connectivity index is 1.63. The van der Waals surface area contributed by atoms with Crippen molar-refractivity contribution >= 4 is 40.1 Å². The predicted molar refractivity (Wildman–Crippen MR) is 111 cm³/mol. The monoisotopic (exact) mass is 418 g/mol. The van der Waals surface area contributed by atoms with E-state index in [1.165, 1.54) is 24.4 Å². The lowest BCUT2D eigenvalue weighted by molar-refractivity contribution is 0.102. The van der Waals surface area contributed by atoms with E-state index in [0.717, 1.165) is 25.7 Å². The maximum Gasteiger partial charge on any atom is 0.274 e. The Morgan fingerprint density at radius 2 is 2.11 bits per heavy atom. The first-order valence-corrected chi connectivity index (χ1v) is 10.3. The van der Waals surface area contributed by atoms with Gasteiger partial charge in [0.2, 0.25) is 0 Å². The second kappa shape index (κ2) is 7.04. The molecule has 5 nitrogen and oxygen atoms in total. The minimum Gasteiger partial charge on any atom is -0.378 e. The van der Waals surface area contributed by atoms with Crippen LogP contribution < -0.4 is 11.1 Å². The Morgan fingerprint density at radius 1 is 1.32 bits per heavy atom. The molecule has 0 radical (unpaired) electrons. The minimum atomic E-state index is -0.765. The van der Waals surface area contributed by atoms with Crippen LogP contribution >= 0.6 is 23.4 Å². The van der Waals surface area contributed by atoms with E-state index in [-0.39, 0.29) is 16.3 Å². The molecule has 1 spiro atoms. The normalized spacial score (nSPS) is 23.0. The molecule has 28 heavy (non-hydrogen) atoms. The highest BCUT2D eigenvalue weighted by Gasteiger charge is 2.49. The first kappa shape index (κ1) is 19.2. The van der Waals surface area contributed by atoms with Gasteiger partial charge in [0.25, 0.3) is 5.91 Å². The van der Waals surface area contributed by atoms with Crippen LogP contribution in [0.1, 0.15) is 48.7 Å². The maximum atomic E-state index is 14.7. The molecule has 0 bridgehead atoms. The molecule has 1 aromatic carbocycles. The largest absolute Gasteiger partial charge is 0.378 e. The number of thioether (sulfide) groups is 1. The minimum absolute atomic E-state index is 0.0412. The molecule has 2 aromatic rings. The summed E-state index contributed by atoms with van der Waals surface area (Å²) < 4.78 is 14.8. The summed E-state index contributed by atoms with van der Waals surface area (Å²) in [6, 6.07) is 7.65. The maximum absolute atomic E-state index is 14.7. The lowest BCUT2D eigenvalue weighted by Crippen LogP contribution is -2.46. The van der Waals surface area contributed by atoms with E-state index < -0.39 is 11.4 Å². The number of carbonyl (C=O) groups excluding carboxylic acids is 1. The third kappa shape index (κ3) is 3.61. The summed E-state index contributed by atoms with van der Waals surface area (Å²) in [6.07, 6.45) is 5.40. The molecule has 1 unspecified atom stereocenters. The zero-order valence-corrected chi connectivity index (χ0v) is 16.9. The number of amides is 1. The number of nitrogens with one attached hydrogen (secondary N) is 1. The van der Waals surface area contributed by atoms with Gasteiger partial charge >= 0.3 is 0 Å². The zero-order valence-electron chi connectivity index (χ0n) is 15.3. The lowest BCUT2D eigenvalue weighted by Gasteiger charge is -2.48. The summed E-state index contributed by atoms with van der Waals surface area (Å²) >= 11 is 7.42. The molecular formula is C20H20ClFN4OS. The van der Waals surface area contributed by atoms with Gasteiger partial charge < -0.3 is 11.1 Å². The number of pyridine rings is 1. The highest BCUT2D eigenvalue weighted by Crippen LogP contribution is 2.55. The highest BCUT2D eigenvalue weighted by atomic mass is 35.5. The molecule has 1 aromatic heterocycles. The number of anilines is 1. The van der Waals surface area contributed by atoms with Crippen LogP contribution in [-0.4, -0.2) is 20.8 Å². The number of halogens is 2. The average molecular weight is 419 g/mol. The topological polar surface area (TPSA) is 80.4 Å². The molecule has 1 aliphatic carbocycles. The van der Waals surface area contributed by atoms with Crippen molar-refractivity contribution in [3.05, 3.63) is 58.6 Å². The van der Waals surface area contributed by atoms with Gasteiger partial charge in [0.1, 0.15) is 11.5 Å². The van der Waals surface area contributed by atoms with Crippen molar-refractivity contribution in [3.8, 4) is 0 Å². The molecule has 4 rings (SSSR count). The van der Waals surface area contributed by atoms with E-state index in [9.17, 15) is 9.18 Å². The molecule has 2 heterocycles. The van der Waals surface area contributed by atoms with Gasteiger partial charge in [0.15, 0.2) is 5.17 Å². The number of rotatable bonds is 3. The van der Waals surface area contributed by atoms with Crippen molar-refractivity contribution < 1.29 is 9.18 Å².